The number of halogens is 2. The van der Waals surface area contributed by atoms with E-state index in [4.69, 9.17) is 0 Å². The average Bonchev–Trinajstić information content (AvgIpc) is 2.80. The standard InChI is InChI=1S/C11H7F2NO2/c12-11(13)15-9-4-3-8(7-10(9)16-11)14-5-1-2-6-14/h1-7H. The molecule has 1 aromatic carbocycles. The van der Waals surface area contributed by atoms with Crippen molar-refractivity contribution in [1.29, 1.82) is 0 Å². The van der Waals surface area contributed by atoms with E-state index in [2.05, 4.69) is 9.47 Å². The first-order valence-electron chi connectivity index (χ1n) is 4.67. The molecule has 82 valence electrons. The highest BCUT2D eigenvalue weighted by molar-refractivity contribution is 5.50. The van der Waals surface area contributed by atoms with Gasteiger partial charge >= 0.3 is 6.29 Å². The van der Waals surface area contributed by atoms with Crippen LogP contribution in [-0.4, -0.2) is 10.9 Å². The van der Waals surface area contributed by atoms with Gasteiger partial charge in [0.15, 0.2) is 11.5 Å². The molecule has 0 radical (unpaired) electrons. The lowest BCUT2D eigenvalue weighted by Gasteiger charge is -2.04. The van der Waals surface area contributed by atoms with Crippen molar-refractivity contribution in [1.82, 2.24) is 4.57 Å². The SMILES string of the molecule is FC1(F)Oc2ccc(-n3cccc3)cc2O1. The molecule has 1 aliphatic rings. The second-order valence-corrected chi connectivity index (χ2v) is 3.39. The molecule has 3 nitrogen and oxygen atoms in total. The number of aromatic nitrogens is 1. The van der Waals surface area contributed by atoms with Crippen LogP contribution in [0.25, 0.3) is 5.69 Å². The minimum Gasteiger partial charge on any atom is -0.395 e. The van der Waals surface area contributed by atoms with Gasteiger partial charge in [0, 0.05) is 24.1 Å². The number of fused-ring (bicyclic) bond motifs is 1. The molecule has 2 heterocycles. The summed E-state index contributed by atoms with van der Waals surface area (Å²) in [5.41, 5.74) is 0.741. The zero-order chi connectivity index (χ0) is 11.2. The van der Waals surface area contributed by atoms with Crippen LogP contribution in [0.15, 0.2) is 42.7 Å². The van der Waals surface area contributed by atoms with Gasteiger partial charge in [-0.05, 0) is 24.3 Å². The zero-order valence-electron chi connectivity index (χ0n) is 8.06. The van der Waals surface area contributed by atoms with Gasteiger partial charge in [0.2, 0.25) is 0 Å². The van der Waals surface area contributed by atoms with Gasteiger partial charge in [0.05, 0.1) is 0 Å². The van der Waals surface area contributed by atoms with Crippen LogP contribution in [0.5, 0.6) is 11.5 Å². The molecule has 3 rings (SSSR count). The van der Waals surface area contributed by atoms with E-state index in [9.17, 15) is 8.78 Å². The van der Waals surface area contributed by atoms with Crippen LogP contribution in [0, 0.1) is 0 Å². The smallest absolute Gasteiger partial charge is 0.395 e. The van der Waals surface area contributed by atoms with Crippen LogP contribution in [0.1, 0.15) is 0 Å². The Morgan fingerprint density at radius 1 is 1.00 bits per heavy atom. The summed E-state index contributed by atoms with van der Waals surface area (Å²) in [5, 5.41) is 0. The van der Waals surface area contributed by atoms with Crippen LogP contribution < -0.4 is 9.47 Å². The van der Waals surface area contributed by atoms with E-state index in [1.165, 1.54) is 12.1 Å². The Labute approximate surface area is 89.8 Å². The maximum absolute atomic E-state index is 12.8. The van der Waals surface area contributed by atoms with Gasteiger partial charge in [-0.1, -0.05) is 0 Å². The van der Waals surface area contributed by atoms with Crippen molar-refractivity contribution in [2.24, 2.45) is 0 Å². The Bertz CT molecular complexity index is 523. The Morgan fingerprint density at radius 3 is 2.44 bits per heavy atom. The summed E-state index contributed by atoms with van der Waals surface area (Å²) in [6.45, 7) is 0. The lowest BCUT2D eigenvalue weighted by molar-refractivity contribution is -0.286. The molecule has 1 aromatic heterocycles. The molecule has 0 aliphatic carbocycles. The van der Waals surface area contributed by atoms with Gasteiger partial charge < -0.3 is 14.0 Å². The van der Waals surface area contributed by atoms with Crippen LogP contribution in [0.4, 0.5) is 8.78 Å². The summed E-state index contributed by atoms with van der Waals surface area (Å²) in [7, 11) is 0. The highest BCUT2D eigenvalue weighted by Gasteiger charge is 2.43. The van der Waals surface area contributed by atoms with Crippen molar-refractivity contribution in [2.45, 2.75) is 6.29 Å². The fourth-order valence-corrected chi connectivity index (χ4v) is 1.60. The summed E-state index contributed by atoms with van der Waals surface area (Å²) in [4.78, 5) is 0. The Kier molecular flexibility index (Phi) is 1.71. The second-order valence-electron chi connectivity index (χ2n) is 3.39. The topological polar surface area (TPSA) is 23.4 Å². The molecule has 0 atom stereocenters. The third kappa shape index (κ3) is 1.41. The monoisotopic (exact) mass is 223 g/mol. The van der Waals surface area contributed by atoms with Crippen molar-refractivity contribution in [2.75, 3.05) is 0 Å². The number of nitrogens with zero attached hydrogens (tertiary/aromatic N) is 1. The van der Waals surface area contributed by atoms with Gasteiger partial charge in [-0.3, -0.25) is 0 Å². The molecule has 0 unspecified atom stereocenters. The summed E-state index contributed by atoms with van der Waals surface area (Å²) < 4.78 is 36.0. The molecule has 2 aromatic rings. The van der Waals surface area contributed by atoms with Gasteiger partial charge in [-0.2, -0.15) is 0 Å². The molecule has 0 saturated heterocycles. The molecule has 1 aliphatic heterocycles. The fraction of sp³-hybridized carbons (Fsp3) is 0.0909. The van der Waals surface area contributed by atoms with Gasteiger partial charge in [0.25, 0.3) is 0 Å². The maximum atomic E-state index is 12.8. The zero-order valence-corrected chi connectivity index (χ0v) is 8.06. The first-order chi connectivity index (χ1) is 7.64. The fourth-order valence-electron chi connectivity index (χ4n) is 1.60. The van der Waals surface area contributed by atoms with Gasteiger partial charge in [-0.15, -0.1) is 8.78 Å². The first-order valence-corrected chi connectivity index (χ1v) is 4.67. The lowest BCUT2D eigenvalue weighted by atomic mass is 10.3. The average molecular weight is 223 g/mol. The summed E-state index contributed by atoms with van der Waals surface area (Å²) in [5.74, 6) is 0.108. The summed E-state index contributed by atoms with van der Waals surface area (Å²) in [6.07, 6.45) is 0.0724. The Hall–Kier alpha value is -2.04. The number of hydrogen-bond acceptors (Lipinski definition) is 2. The largest absolute Gasteiger partial charge is 0.586 e. The van der Waals surface area contributed by atoms with E-state index < -0.39 is 6.29 Å². The van der Waals surface area contributed by atoms with Crippen molar-refractivity contribution in [3.8, 4) is 17.2 Å². The first kappa shape index (κ1) is 9.21. The summed E-state index contributed by atoms with van der Waals surface area (Å²) >= 11 is 0. The van der Waals surface area contributed by atoms with Gasteiger partial charge in [-0.25, -0.2) is 0 Å². The van der Waals surface area contributed by atoms with E-state index >= 15 is 0 Å². The molecule has 0 amide bonds. The predicted octanol–water partition coefficient (Wildman–Crippen LogP) is 2.80. The van der Waals surface area contributed by atoms with Crippen molar-refractivity contribution in [3.63, 3.8) is 0 Å². The van der Waals surface area contributed by atoms with Crippen LogP contribution in [0.2, 0.25) is 0 Å². The number of alkyl halides is 2. The minimum absolute atomic E-state index is 0.0520. The molecular formula is C11H7F2NO2. The van der Waals surface area contributed by atoms with Gasteiger partial charge in [0.1, 0.15) is 0 Å². The van der Waals surface area contributed by atoms with E-state index in [-0.39, 0.29) is 11.5 Å². The third-order valence-electron chi connectivity index (χ3n) is 2.29. The quantitative estimate of drug-likeness (QED) is 0.742. The second kappa shape index (κ2) is 2.98. The van der Waals surface area contributed by atoms with Crippen molar-refractivity contribution >= 4 is 0 Å². The molecular weight excluding hydrogens is 216 g/mol. The molecule has 0 spiro atoms. The molecule has 0 bridgehead atoms. The molecule has 0 fully saturated rings. The van der Waals surface area contributed by atoms with Crippen molar-refractivity contribution < 1.29 is 18.3 Å². The normalized spacial score (nSPS) is 16.4. The van der Waals surface area contributed by atoms with E-state index in [0.717, 1.165) is 5.69 Å². The Morgan fingerprint density at radius 2 is 1.69 bits per heavy atom. The van der Waals surface area contributed by atoms with E-state index in [0.29, 0.717) is 0 Å². The molecule has 0 saturated carbocycles. The molecule has 0 N–H and O–H groups in total. The predicted molar refractivity (Wildman–Crippen MR) is 52.0 cm³/mol. The number of ether oxygens (including phenoxy) is 2. The van der Waals surface area contributed by atoms with E-state index in [1.807, 2.05) is 24.5 Å². The van der Waals surface area contributed by atoms with Crippen LogP contribution in [0.3, 0.4) is 0 Å². The lowest BCUT2D eigenvalue weighted by Crippen LogP contribution is -2.25. The number of rotatable bonds is 1. The van der Waals surface area contributed by atoms with Crippen LogP contribution >= 0.6 is 0 Å². The Balaban J connectivity index is 2.03. The number of hydrogen-bond donors (Lipinski definition) is 0. The highest BCUT2D eigenvalue weighted by Crippen LogP contribution is 2.41. The van der Waals surface area contributed by atoms with E-state index in [1.54, 1.807) is 10.6 Å². The molecule has 5 heteroatoms. The van der Waals surface area contributed by atoms with Crippen molar-refractivity contribution in [3.05, 3.63) is 42.7 Å². The summed E-state index contributed by atoms with van der Waals surface area (Å²) in [6, 6.07) is 8.35. The maximum Gasteiger partial charge on any atom is 0.586 e. The third-order valence-corrected chi connectivity index (χ3v) is 2.29. The van der Waals surface area contributed by atoms with Crippen LogP contribution in [-0.2, 0) is 0 Å². The minimum atomic E-state index is -3.56. The highest BCUT2D eigenvalue weighted by atomic mass is 19.3. The number of benzene rings is 1. The molecule has 16 heavy (non-hydrogen) atoms.